The van der Waals surface area contributed by atoms with Gasteiger partial charge in [-0.15, -0.1) is 0 Å². The van der Waals surface area contributed by atoms with Crippen molar-refractivity contribution in [3.05, 3.63) is 34.7 Å². The van der Waals surface area contributed by atoms with Crippen molar-refractivity contribution in [3.63, 3.8) is 0 Å². The molecule has 7 nitrogen and oxygen atoms in total. The van der Waals surface area contributed by atoms with E-state index in [-0.39, 0.29) is 24.0 Å². The second-order valence-electron chi connectivity index (χ2n) is 6.13. The molecule has 1 aromatic heterocycles. The minimum absolute atomic E-state index is 0.0479. The summed E-state index contributed by atoms with van der Waals surface area (Å²) in [5.41, 5.74) is 1.29. The molecule has 0 aliphatic carbocycles. The molecule has 1 saturated heterocycles. The van der Waals surface area contributed by atoms with Crippen LogP contribution in [0.3, 0.4) is 0 Å². The van der Waals surface area contributed by atoms with Crippen LogP contribution in [0.25, 0.3) is 11.0 Å². The molecule has 1 unspecified atom stereocenters. The summed E-state index contributed by atoms with van der Waals surface area (Å²) >= 11 is 0. The number of rotatable bonds is 3. The van der Waals surface area contributed by atoms with Crippen LogP contribution in [-0.4, -0.2) is 45.5 Å². The molecule has 2 heterocycles. The fraction of sp³-hybridized carbons (Fsp3) is 0.471. The van der Waals surface area contributed by atoms with Gasteiger partial charge in [0.05, 0.1) is 11.0 Å². The zero-order valence-electron chi connectivity index (χ0n) is 14.0. The summed E-state index contributed by atoms with van der Waals surface area (Å²) in [5, 5.41) is 2.62. The molecular weight excluding hydrogens is 308 g/mol. The highest BCUT2D eigenvalue weighted by atomic mass is 16.2. The molecule has 0 saturated carbocycles. The van der Waals surface area contributed by atoms with E-state index in [2.05, 4.69) is 5.32 Å². The maximum absolute atomic E-state index is 12.8. The Morgan fingerprint density at radius 2 is 1.92 bits per heavy atom. The summed E-state index contributed by atoms with van der Waals surface area (Å²) in [5.74, 6) is -0.338. The lowest BCUT2D eigenvalue weighted by atomic mass is 10.0. The largest absolute Gasteiger partial charge is 0.357 e. The van der Waals surface area contributed by atoms with Crippen LogP contribution in [0.5, 0.6) is 0 Å². The third-order valence-corrected chi connectivity index (χ3v) is 4.72. The highest BCUT2D eigenvalue weighted by Crippen LogP contribution is 2.18. The van der Waals surface area contributed by atoms with Gasteiger partial charge in [-0.1, -0.05) is 12.1 Å². The number of aromatic nitrogens is 2. The first-order chi connectivity index (χ1) is 11.5. The molecule has 24 heavy (non-hydrogen) atoms. The van der Waals surface area contributed by atoms with Crippen LogP contribution in [0, 0.1) is 0 Å². The highest BCUT2D eigenvalue weighted by Gasteiger charge is 2.31. The maximum Gasteiger partial charge on any atom is 0.329 e. The number of hydrogen-bond acceptors (Lipinski definition) is 3. The molecule has 0 bridgehead atoms. The SMILES string of the molecule is CNC(=O)C1CCCCN1C(=O)Cn1c(=O)n(C)c2ccccc21. The zero-order valence-corrected chi connectivity index (χ0v) is 14.0. The molecule has 7 heteroatoms. The molecule has 1 atom stereocenters. The number of imidazole rings is 1. The van der Waals surface area contributed by atoms with E-state index >= 15 is 0 Å². The van der Waals surface area contributed by atoms with E-state index in [9.17, 15) is 14.4 Å². The molecule has 0 spiro atoms. The molecular formula is C17H22N4O3. The fourth-order valence-electron chi connectivity index (χ4n) is 3.41. The number of hydrogen-bond donors (Lipinski definition) is 1. The lowest BCUT2D eigenvalue weighted by Gasteiger charge is -2.34. The summed E-state index contributed by atoms with van der Waals surface area (Å²) in [7, 11) is 3.27. The summed E-state index contributed by atoms with van der Waals surface area (Å²) in [6.45, 7) is 0.504. The molecule has 1 aromatic carbocycles. The van der Waals surface area contributed by atoms with Gasteiger partial charge in [-0.2, -0.15) is 0 Å². The highest BCUT2D eigenvalue weighted by molar-refractivity contribution is 5.88. The van der Waals surface area contributed by atoms with Gasteiger partial charge in [0.25, 0.3) is 0 Å². The number of likely N-dealkylation sites (tertiary alicyclic amines) is 1. The first kappa shape index (κ1) is 16.3. The Labute approximate surface area is 139 Å². The third-order valence-electron chi connectivity index (χ3n) is 4.72. The predicted octanol–water partition coefficient (Wildman–Crippen LogP) is 0.467. The summed E-state index contributed by atoms with van der Waals surface area (Å²) in [6.07, 6.45) is 2.47. The Hall–Kier alpha value is -2.57. The number of amides is 2. The molecule has 1 aliphatic rings. The van der Waals surface area contributed by atoms with E-state index in [0.717, 1.165) is 23.9 Å². The average Bonchev–Trinajstić information content (AvgIpc) is 2.86. The van der Waals surface area contributed by atoms with Gasteiger partial charge in [0.1, 0.15) is 12.6 Å². The zero-order chi connectivity index (χ0) is 17.3. The average molecular weight is 330 g/mol. The van der Waals surface area contributed by atoms with E-state index in [1.165, 1.54) is 9.13 Å². The van der Waals surface area contributed by atoms with Gasteiger partial charge in [0.2, 0.25) is 11.8 Å². The van der Waals surface area contributed by atoms with Crippen LogP contribution in [0.1, 0.15) is 19.3 Å². The minimum Gasteiger partial charge on any atom is -0.357 e. The van der Waals surface area contributed by atoms with Crippen molar-refractivity contribution >= 4 is 22.8 Å². The van der Waals surface area contributed by atoms with Crippen LogP contribution in [0.2, 0.25) is 0 Å². The van der Waals surface area contributed by atoms with Gasteiger partial charge >= 0.3 is 5.69 Å². The number of nitrogens with one attached hydrogen (secondary N) is 1. The number of benzene rings is 1. The van der Waals surface area contributed by atoms with Gasteiger partial charge in [-0.05, 0) is 31.4 Å². The molecule has 2 amide bonds. The third kappa shape index (κ3) is 2.70. The number of fused-ring (bicyclic) bond motifs is 1. The number of carbonyl (C=O) groups excluding carboxylic acids is 2. The lowest BCUT2D eigenvalue weighted by molar-refractivity contribution is -0.142. The predicted molar refractivity (Wildman–Crippen MR) is 90.6 cm³/mol. The van der Waals surface area contributed by atoms with E-state index in [1.807, 2.05) is 24.3 Å². The molecule has 1 aliphatic heterocycles. The normalized spacial score (nSPS) is 17.9. The van der Waals surface area contributed by atoms with Gasteiger partial charge in [-0.25, -0.2) is 4.79 Å². The van der Waals surface area contributed by atoms with E-state index in [1.54, 1.807) is 19.0 Å². The monoisotopic (exact) mass is 330 g/mol. The number of para-hydroxylation sites is 2. The maximum atomic E-state index is 12.8. The molecule has 0 radical (unpaired) electrons. The topological polar surface area (TPSA) is 76.3 Å². The molecule has 128 valence electrons. The Morgan fingerprint density at radius 1 is 1.21 bits per heavy atom. The minimum atomic E-state index is -0.443. The van der Waals surface area contributed by atoms with Crippen molar-refractivity contribution in [2.75, 3.05) is 13.6 Å². The van der Waals surface area contributed by atoms with Gasteiger partial charge in [0, 0.05) is 20.6 Å². The van der Waals surface area contributed by atoms with Crippen LogP contribution in [0.15, 0.2) is 29.1 Å². The Morgan fingerprint density at radius 3 is 2.62 bits per heavy atom. The van der Waals surface area contributed by atoms with Crippen molar-refractivity contribution in [1.29, 1.82) is 0 Å². The second-order valence-corrected chi connectivity index (χ2v) is 6.13. The van der Waals surface area contributed by atoms with Gasteiger partial charge in [0.15, 0.2) is 0 Å². The summed E-state index contributed by atoms with van der Waals surface area (Å²) < 4.78 is 3.02. The number of aryl methyl sites for hydroxylation is 1. The van der Waals surface area contributed by atoms with Crippen LogP contribution in [0.4, 0.5) is 0 Å². The van der Waals surface area contributed by atoms with Crippen LogP contribution in [-0.2, 0) is 23.2 Å². The lowest BCUT2D eigenvalue weighted by Crippen LogP contribution is -2.52. The molecule has 1 fully saturated rings. The van der Waals surface area contributed by atoms with Crippen LogP contribution >= 0.6 is 0 Å². The second kappa shape index (κ2) is 6.51. The number of carbonyl (C=O) groups is 2. The Balaban J connectivity index is 1.91. The van der Waals surface area contributed by atoms with E-state index in [4.69, 9.17) is 0 Å². The quantitative estimate of drug-likeness (QED) is 0.889. The standard InChI is InChI=1S/C17H22N4O3/c1-18-16(23)14-9-5-6-10-20(14)15(22)11-21-13-8-4-3-7-12(13)19(2)17(21)24/h3-4,7-8,14H,5-6,9-11H2,1-2H3,(H,18,23). The van der Waals surface area contributed by atoms with Crippen molar-refractivity contribution in [1.82, 2.24) is 19.4 Å². The molecule has 3 rings (SSSR count). The van der Waals surface area contributed by atoms with E-state index < -0.39 is 6.04 Å². The van der Waals surface area contributed by atoms with Gasteiger partial charge in [-0.3, -0.25) is 18.7 Å². The molecule has 1 N–H and O–H groups in total. The van der Waals surface area contributed by atoms with Crippen molar-refractivity contribution < 1.29 is 9.59 Å². The number of piperidine rings is 1. The van der Waals surface area contributed by atoms with Crippen molar-refractivity contribution in [2.45, 2.75) is 31.8 Å². The van der Waals surface area contributed by atoms with Crippen LogP contribution < -0.4 is 11.0 Å². The number of nitrogens with zero attached hydrogens (tertiary/aromatic N) is 3. The van der Waals surface area contributed by atoms with Crippen molar-refractivity contribution in [3.8, 4) is 0 Å². The smallest absolute Gasteiger partial charge is 0.329 e. The first-order valence-electron chi connectivity index (χ1n) is 8.20. The fourth-order valence-corrected chi connectivity index (χ4v) is 3.41. The Kier molecular flexibility index (Phi) is 4.42. The van der Waals surface area contributed by atoms with E-state index in [0.29, 0.717) is 13.0 Å². The summed E-state index contributed by atoms with van der Waals surface area (Å²) in [4.78, 5) is 38.9. The van der Waals surface area contributed by atoms with Crippen molar-refractivity contribution in [2.24, 2.45) is 7.05 Å². The first-order valence-corrected chi connectivity index (χ1v) is 8.20. The Bertz CT molecular complexity index is 836. The summed E-state index contributed by atoms with van der Waals surface area (Å²) in [6, 6.07) is 6.95. The van der Waals surface area contributed by atoms with Gasteiger partial charge < -0.3 is 10.2 Å². The number of likely N-dealkylation sites (N-methyl/N-ethyl adjacent to an activating group) is 1. The molecule has 2 aromatic rings.